The van der Waals surface area contributed by atoms with Crippen molar-refractivity contribution in [1.29, 1.82) is 0 Å². The normalized spacial score (nSPS) is 19.0. The number of fused-ring (bicyclic) bond motifs is 1. The Hall–Kier alpha value is -3.99. The quantitative estimate of drug-likeness (QED) is 0.425. The van der Waals surface area contributed by atoms with Gasteiger partial charge in [0.25, 0.3) is 11.5 Å². The van der Waals surface area contributed by atoms with Crippen molar-refractivity contribution >= 4 is 28.7 Å². The van der Waals surface area contributed by atoms with Crippen LogP contribution in [0.1, 0.15) is 75.0 Å². The van der Waals surface area contributed by atoms with E-state index in [1.807, 2.05) is 63.1 Å². The number of nitrogens with one attached hydrogen (secondary N) is 2. The molecule has 0 radical (unpaired) electrons. The number of H-pyrrole nitrogens is 1. The van der Waals surface area contributed by atoms with Crippen molar-refractivity contribution in [2.75, 3.05) is 44.2 Å². The van der Waals surface area contributed by atoms with E-state index < -0.39 is 5.60 Å². The van der Waals surface area contributed by atoms with Crippen LogP contribution in [0.5, 0.6) is 0 Å². The number of aryl methyl sites for hydroxylation is 1. The van der Waals surface area contributed by atoms with Crippen LogP contribution in [0.25, 0.3) is 11.0 Å². The van der Waals surface area contributed by atoms with Crippen LogP contribution in [-0.2, 0) is 17.7 Å². The molecule has 0 unspecified atom stereocenters. The number of rotatable bonds is 6. The number of ether oxygens (including phenoxy) is 1. The lowest BCUT2D eigenvalue weighted by atomic mass is 9.60. The number of piperazine rings is 1. The van der Waals surface area contributed by atoms with E-state index in [2.05, 4.69) is 30.1 Å². The van der Waals surface area contributed by atoms with Crippen LogP contribution in [0.4, 0.5) is 10.5 Å². The van der Waals surface area contributed by atoms with Gasteiger partial charge >= 0.3 is 6.09 Å². The van der Waals surface area contributed by atoms with E-state index in [0.29, 0.717) is 25.2 Å². The van der Waals surface area contributed by atoms with Crippen LogP contribution in [0.15, 0.2) is 41.5 Å². The van der Waals surface area contributed by atoms with Gasteiger partial charge in [0.15, 0.2) is 0 Å². The van der Waals surface area contributed by atoms with Crippen molar-refractivity contribution in [3.8, 4) is 0 Å². The monoisotopic (exact) mass is 615 g/mol. The molecule has 1 spiro atoms. The number of carbonyl (C=O) groups excluding carboxylic acids is 2. The minimum absolute atomic E-state index is 0.0416. The number of hydrogen-bond donors (Lipinski definition) is 2. The molecule has 45 heavy (non-hydrogen) atoms. The van der Waals surface area contributed by atoms with Gasteiger partial charge in [-0.15, -0.1) is 0 Å². The fourth-order valence-corrected chi connectivity index (χ4v) is 6.89. The van der Waals surface area contributed by atoms with Gasteiger partial charge in [0.1, 0.15) is 11.3 Å². The molecular formula is C34H45N7O4. The maximum atomic E-state index is 12.9. The van der Waals surface area contributed by atoms with Gasteiger partial charge in [0.2, 0.25) is 0 Å². The second kappa shape index (κ2) is 12.4. The van der Waals surface area contributed by atoms with Gasteiger partial charge in [-0.1, -0.05) is 6.92 Å². The molecule has 6 rings (SSSR count). The van der Waals surface area contributed by atoms with Gasteiger partial charge < -0.3 is 24.8 Å². The van der Waals surface area contributed by atoms with E-state index in [0.717, 1.165) is 86.3 Å². The molecule has 5 heterocycles. The zero-order valence-electron chi connectivity index (χ0n) is 26.9. The molecule has 0 aromatic carbocycles. The van der Waals surface area contributed by atoms with Crippen molar-refractivity contribution in [2.45, 2.75) is 78.0 Å². The number of aromatic amines is 1. The molecule has 1 aliphatic carbocycles. The Morgan fingerprint density at radius 2 is 1.76 bits per heavy atom. The summed E-state index contributed by atoms with van der Waals surface area (Å²) in [7, 11) is 0. The summed E-state index contributed by atoms with van der Waals surface area (Å²) in [5, 5.41) is 3.17. The fourth-order valence-electron chi connectivity index (χ4n) is 6.89. The third-order valence-corrected chi connectivity index (χ3v) is 9.50. The summed E-state index contributed by atoms with van der Waals surface area (Å²) in [4.78, 5) is 56.1. The number of hydrogen-bond acceptors (Lipinski definition) is 8. The molecule has 2 aliphatic heterocycles. The number of pyridine rings is 3. The van der Waals surface area contributed by atoms with E-state index in [1.54, 1.807) is 6.20 Å². The van der Waals surface area contributed by atoms with Crippen LogP contribution < -0.4 is 15.8 Å². The van der Waals surface area contributed by atoms with Crippen LogP contribution in [0.3, 0.4) is 0 Å². The van der Waals surface area contributed by atoms with Gasteiger partial charge in [-0.25, -0.2) is 9.78 Å². The second-order valence-corrected chi connectivity index (χ2v) is 14.0. The Morgan fingerprint density at radius 1 is 1.02 bits per heavy atom. The summed E-state index contributed by atoms with van der Waals surface area (Å²) < 4.78 is 5.52. The highest BCUT2D eigenvalue weighted by molar-refractivity contribution is 5.92. The lowest BCUT2D eigenvalue weighted by Gasteiger charge is -2.52. The van der Waals surface area contributed by atoms with Gasteiger partial charge in [0.05, 0.1) is 22.9 Å². The number of aromatic nitrogens is 3. The molecule has 3 aliphatic rings. The first-order valence-electron chi connectivity index (χ1n) is 16.2. The van der Waals surface area contributed by atoms with Crippen LogP contribution in [0.2, 0.25) is 0 Å². The molecule has 2 saturated heterocycles. The van der Waals surface area contributed by atoms with Crippen molar-refractivity contribution in [1.82, 2.24) is 30.1 Å². The lowest BCUT2D eigenvalue weighted by Crippen LogP contribution is -2.55. The number of amides is 2. The summed E-state index contributed by atoms with van der Waals surface area (Å²) in [5.41, 5.74) is 4.56. The van der Waals surface area contributed by atoms with Gasteiger partial charge in [-0.3, -0.25) is 19.5 Å². The summed E-state index contributed by atoms with van der Waals surface area (Å²) in [6.07, 6.45) is 7.92. The molecule has 2 N–H and O–H groups in total. The highest BCUT2D eigenvalue weighted by Gasteiger charge is 2.47. The molecule has 11 nitrogen and oxygen atoms in total. The van der Waals surface area contributed by atoms with Crippen molar-refractivity contribution in [3.05, 3.63) is 63.8 Å². The summed E-state index contributed by atoms with van der Waals surface area (Å²) in [6, 6.07) is 7.86. The van der Waals surface area contributed by atoms with Crippen molar-refractivity contribution < 1.29 is 14.3 Å². The van der Waals surface area contributed by atoms with Gasteiger partial charge in [0, 0.05) is 63.6 Å². The summed E-state index contributed by atoms with van der Waals surface area (Å²) >= 11 is 0. The zero-order chi connectivity index (χ0) is 31.8. The molecule has 3 aromatic heterocycles. The Morgan fingerprint density at radius 3 is 2.40 bits per heavy atom. The molecular weight excluding hydrogens is 570 g/mol. The minimum Gasteiger partial charge on any atom is -0.444 e. The maximum absolute atomic E-state index is 12.9. The SMILES string of the molecule is CCc1cc2ncc(CN3CCN(c4ccc(C(=O)NC5CC6(CCN(C(=O)OC(C)(C)C)CC6)C5)nc4)CC3)cc2[nH]c1=O. The zero-order valence-corrected chi connectivity index (χ0v) is 26.9. The Kier molecular flexibility index (Phi) is 8.56. The van der Waals surface area contributed by atoms with E-state index in [-0.39, 0.29) is 29.0 Å². The minimum atomic E-state index is -0.486. The number of likely N-dealkylation sites (tertiary alicyclic amines) is 1. The third-order valence-electron chi connectivity index (χ3n) is 9.50. The van der Waals surface area contributed by atoms with Crippen LogP contribution in [-0.4, -0.2) is 87.7 Å². The first-order valence-corrected chi connectivity index (χ1v) is 16.2. The van der Waals surface area contributed by atoms with Crippen molar-refractivity contribution in [2.24, 2.45) is 5.41 Å². The maximum Gasteiger partial charge on any atom is 0.410 e. The van der Waals surface area contributed by atoms with Crippen LogP contribution in [0, 0.1) is 5.41 Å². The predicted octanol–water partition coefficient (Wildman–Crippen LogP) is 4.11. The largest absolute Gasteiger partial charge is 0.444 e. The lowest BCUT2D eigenvalue weighted by molar-refractivity contribution is -0.0151. The number of anilines is 1. The average Bonchev–Trinajstić information content (AvgIpc) is 3.00. The van der Waals surface area contributed by atoms with E-state index in [4.69, 9.17) is 4.74 Å². The van der Waals surface area contributed by atoms with E-state index in [1.165, 1.54) is 0 Å². The summed E-state index contributed by atoms with van der Waals surface area (Å²) in [6.45, 7) is 13.3. The highest BCUT2D eigenvalue weighted by atomic mass is 16.6. The molecule has 3 fully saturated rings. The van der Waals surface area contributed by atoms with Crippen LogP contribution >= 0.6 is 0 Å². The standard InChI is InChI=1S/C34H45N7O4/c1-5-24-17-28-29(38-30(24)42)16-23(20-35-28)22-39-12-14-40(15-13-39)26-6-7-27(36-21-26)31(43)37-25-18-34(19-25)8-10-41(11-9-34)32(44)45-33(2,3)4/h6-7,16-17,20-21,25H,5,8-15,18-19,22H2,1-4H3,(H,37,43)(H,38,42). The molecule has 3 aromatic rings. The topological polar surface area (TPSA) is 124 Å². The first kappa shape index (κ1) is 31.0. The number of carbonyl (C=O) groups is 2. The highest BCUT2D eigenvalue weighted by Crippen LogP contribution is 2.49. The van der Waals surface area contributed by atoms with E-state index >= 15 is 0 Å². The second-order valence-electron chi connectivity index (χ2n) is 14.0. The fraction of sp³-hybridized carbons (Fsp3) is 0.559. The average molecular weight is 616 g/mol. The molecule has 240 valence electrons. The number of piperidine rings is 1. The smallest absolute Gasteiger partial charge is 0.410 e. The third kappa shape index (κ3) is 7.13. The van der Waals surface area contributed by atoms with E-state index in [9.17, 15) is 14.4 Å². The van der Waals surface area contributed by atoms with Gasteiger partial charge in [-0.05, 0) is 88.1 Å². The Labute approximate surface area is 264 Å². The Bertz CT molecular complexity index is 1590. The van der Waals surface area contributed by atoms with Gasteiger partial charge in [-0.2, -0.15) is 0 Å². The molecule has 0 atom stereocenters. The molecule has 0 bridgehead atoms. The summed E-state index contributed by atoms with van der Waals surface area (Å²) in [5.74, 6) is -0.131. The molecule has 11 heteroatoms. The number of nitrogens with zero attached hydrogens (tertiary/aromatic N) is 5. The van der Waals surface area contributed by atoms with Crippen molar-refractivity contribution in [3.63, 3.8) is 0 Å². The predicted molar refractivity (Wildman–Crippen MR) is 173 cm³/mol. The molecule has 2 amide bonds. The molecule has 1 saturated carbocycles. The first-order chi connectivity index (χ1) is 21.5. The Balaban J connectivity index is 0.941.